The van der Waals surface area contributed by atoms with Crippen molar-refractivity contribution in [3.05, 3.63) is 24.4 Å². The van der Waals surface area contributed by atoms with E-state index in [1.54, 1.807) is 6.20 Å². The van der Waals surface area contributed by atoms with Crippen molar-refractivity contribution in [1.82, 2.24) is 4.98 Å². The van der Waals surface area contributed by atoms with Gasteiger partial charge in [-0.1, -0.05) is 6.07 Å². The number of hydrogen-bond acceptors (Lipinski definition) is 3. The van der Waals surface area contributed by atoms with Gasteiger partial charge in [0.2, 0.25) is 0 Å². The summed E-state index contributed by atoms with van der Waals surface area (Å²) in [5.41, 5.74) is 0. The zero-order valence-corrected chi connectivity index (χ0v) is 8.47. The fraction of sp³-hybridized carbons (Fsp3) is 0.455. The second-order valence-electron chi connectivity index (χ2n) is 3.76. The van der Waals surface area contributed by atoms with Gasteiger partial charge in [-0.05, 0) is 25.0 Å². The summed E-state index contributed by atoms with van der Waals surface area (Å²) in [5, 5.41) is 8.66. The van der Waals surface area contributed by atoms with Gasteiger partial charge < -0.3 is 10.0 Å². The van der Waals surface area contributed by atoms with Crippen LogP contribution in [0.2, 0.25) is 0 Å². The van der Waals surface area contributed by atoms with Crippen molar-refractivity contribution < 1.29 is 9.90 Å². The Hall–Kier alpha value is -1.58. The molecule has 4 nitrogen and oxygen atoms in total. The molecule has 1 N–H and O–H groups in total. The number of carbonyl (C=O) groups is 1. The smallest absolute Gasteiger partial charge is 0.305 e. The van der Waals surface area contributed by atoms with Crippen molar-refractivity contribution in [1.29, 1.82) is 0 Å². The lowest BCUT2D eigenvalue weighted by atomic mass is 10.3. The van der Waals surface area contributed by atoms with Crippen LogP contribution < -0.4 is 4.90 Å². The number of nitrogens with zero attached hydrogens (tertiary/aromatic N) is 2. The predicted octanol–water partition coefficient (Wildman–Crippen LogP) is 1.53. The largest absolute Gasteiger partial charge is 0.481 e. The summed E-state index contributed by atoms with van der Waals surface area (Å²) >= 11 is 0. The summed E-state index contributed by atoms with van der Waals surface area (Å²) in [7, 11) is 0. The zero-order chi connectivity index (χ0) is 10.7. The van der Waals surface area contributed by atoms with Crippen LogP contribution in [-0.2, 0) is 4.79 Å². The van der Waals surface area contributed by atoms with Gasteiger partial charge in [-0.3, -0.25) is 4.79 Å². The summed E-state index contributed by atoms with van der Waals surface area (Å²) in [5.74, 6) is 0.137. The highest BCUT2D eigenvalue weighted by atomic mass is 16.4. The van der Waals surface area contributed by atoms with Crippen LogP contribution in [0, 0.1) is 0 Å². The van der Waals surface area contributed by atoms with Crippen molar-refractivity contribution >= 4 is 11.8 Å². The highest BCUT2D eigenvalue weighted by molar-refractivity contribution is 5.67. The average molecular weight is 206 g/mol. The Labute approximate surface area is 88.6 Å². The molecule has 1 aromatic rings. The topological polar surface area (TPSA) is 53.4 Å². The van der Waals surface area contributed by atoms with Crippen LogP contribution in [0.4, 0.5) is 5.82 Å². The van der Waals surface area contributed by atoms with Crippen molar-refractivity contribution in [3.63, 3.8) is 0 Å². The first-order chi connectivity index (χ1) is 7.27. The molecule has 80 valence electrons. The molecule has 1 heterocycles. The minimum atomic E-state index is -0.753. The van der Waals surface area contributed by atoms with Gasteiger partial charge >= 0.3 is 5.97 Å². The molecule has 0 radical (unpaired) electrons. The molecule has 0 amide bonds. The molecular formula is C11H14N2O2. The van der Waals surface area contributed by atoms with E-state index in [0.717, 1.165) is 18.7 Å². The van der Waals surface area contributed by atoms with Crippen LogP contribution >= 0.6 is 0 Å². The van der Waals surface area contributed by atoms with E-state index in [1.807, 2.05) is 18.2 Å². The van der Waals surface area contributed by atoms with Crippen LogP contribution in [-0.4, -0.2) is 28.6 Å². The van der Waals surface area contributed by atoms with Gasteiger partial charge in [-0.15, -0.1) is 0 Å². The number of pyridine rings is 1. The predicted molar refractivity (Wildman–Crippen MR) is 56.9 cm³/mol. The van der Waals surface area contributed by atoms with E-state index in [0.29, 0.717) is 12.6 Å². The van der Waals surface area contributed by atoms with Gasteiger partial charge in [-0.2, -0.15) is 0 Å². The third kappa shape index (κ3) is 2.68. The van der Waals surface area contributed by atoms with E-state index in [9.17, 15) is 4.79 Å². The summed E-state index contributed by atoms with van der Waals surface area (Å²) in [6.07, 6.45) is 4.21. The molecule has 0 unspecified atom stereocenters. The first kappa shape index (κ1) is 9.96. The van der Waals surface area contributed by atoms with Crippen molar-refractivity contribution in [3.8, 4) is 0 Å². The van der Waals surface area contributed by atoms with E-state index < -0.39 is 5.97 Å². The summed E-state index contributed by atoms with van der Waals surface area (Å²) < 4.78 is 0. The highest BCUT2D eigenvalue weighted by Crippen LogP contribution is 2.30. The molecular weight excluding hydrogens is 192 g/mol. The number of aliphatic carboxylic acids is 1. The zero-order valence-electron chi connectivity index (χ0n) is 8.47. The lowest BCUT2D eigenvalue weighted by Crippen LogP contribution is -2.29. The minimum absolute atomic E-state index is 0.174. The quantitative estimate of drug-likeness (QED) is 0.793. The van der Waals surface area contributed by atoms with Crippen molar-refractivity contribution in [2.45, 2.75) is 25.3 Å². The molecule has 0 saturated heterocycles. The SMILES string of the molecule is O=C(O)CCN(c1ccccn1)C1CC1. The van der Waals surface area contributed by atoms with E-state index in [1.165, 1.54) is 0 Å². The van der Waals surface area contributed by atoms with Crippen LogP contribution in [0.1, 0.15) is 19.3 Å². The third-order valence-electron chi connectivity index (χ3n) is 2.50. The maximum absolute atomic E-state index is 10.5. The van der Waals surface area contributed by atoms with Gasteiger partial charge in [0.1, 0.15) is 5.82 Å². The molecule has 1 fully saturated rings. The molecule has 1 aromatic heterocycles. The van der Waals surface area contributed by atoms with E-state index in [-0.39, 0.29) is 6.42 Å². The van der Waals surface area contributed by atoms with Gasteiger partial charge in [0.15, 0.2) is 0 Å². The third-order valence-corrected chi connectivity index (χ3v) is 2.50. The Balaban J connectivity index is 2.03. The molecule has 0 aliphatic heterocycles. The highest BCUT2D eigenvalue weighted by Gasteiger charge is 2.29. The molecule has 0 atom stereocenters. The van der Waals surface area contributed by atoms with E-state index >= 15 is 0 Å². The number of aromatic nitrogens is 1. The fourth-order valence-electron chi connectivity index (χ4n) is 1.61. The van der Waals surface area contributed by atoms with Crippen LogP contribution in [0.25, 0.3) is 0 Å². The molecule has 0 bridgehead atoms. The average Bonchev–Trinajstić information content (AvgIpc) is 3.03. The van der Waals surface area contributed by atoms with Gasteiger partial charge in [0.05, 0.1) is 6.42 Å². The molecule has 0 aromatic carbocycles. The number of carboxylic acids is 1. The molecule has 2 rings (SSSR count). The molecule has 1 saturated carbocycles. The maximum Gasteiger partial charge on any atom is 0.305 e. The normalized spacial score (nSPS) is 14.9. The summed E-state index contributed by atoms with van der Waals surface area (Å²) in [6, 6.07) is 6.23. The first-order valence-electron chi connectivity index (χ1n) is 5.17. The van der Waals surface area contributed by atoms with Crippen molar-refractivity contribution in [2.24, 2.45) is 0 Å². The lowest BCUT2D eigenvalue weighted by molar-refractivity contribution is -0.136. The Bertz CT molecular complexity index is 336. The van der Waals surface area contributed by atoms with Crippen molar-refractivity contribution in [2.75, 3.05) is 11.4 Å². The van der Waals surface area contributed by atoms with Crippen LogP contribution in [0.5, 0.6) is 0 Å². The van der Waals surface area contributed by atoms with E-state index in [2.05, 4.69) is 9.88 Å². The number of anilines is 1. The number of carboxylic acid groups (broad SMARTS) is 1. The van der Waals surface area contributed by atoms with Gasteiger partial charge in [-0.25, -0.2) is 4.98 Å². The molecule has 1 aliphatic carbocycles. The van der Waals surface area contributed by atoms with Crippen LogP contribution in [0.15, 0.2) is 24.4 Å². The summed E-state index contributed by atoms with van der Waals surface area (Å²) in [4.78, 5) is 16.9. The van der Waals surface area contributed by atoms with Crippen LogP contribution in [0.3, 0.4) is 0 Å². The standard InChI is InChI=1S/C11H14N2O2/c14-11(15)6-8-13(9-4-5-9)10-3-1-2-7-12-10/h1-3,7,9H,4-6,8H2,(H,14,15). The second-order valence-corrected chi connectivity index (χ2v) is 3.76. The Morgan fingerprint density at radius 3 is 2.87 bits per heavy atom. The minimum Gasteiger partial charge on any atom is -0.481 e. The van der Waals surface area contributed by atoms with Gasteiger partial charge in [0.25, 0.3) is 0 Å². The summed E-state index contributed by atoms with van der Waals surface area (Å²) in [6.45, 7) is 0.553. The molecule has 1 aliphatic rings. The molecule has 0 spiro atoms. The lowest BCUT2D eigenvalue weighted by Gasteiger charge is -2.22. The number of rotatable bonds is 5. The van der Waals surface area contributed by atoms with Gasteiger partial charge in [0, 0.05) is 18.8 Å². The van der Waals surface area contributed by atoms with E-state index in [4.69, 9.17) is 5.11 Å². The first-order valence-corrected chi connectivity index (χ1v) is 5.17. The maximum atomic E-state index is 10.5. The number of hydrogen-bond donors (Lipinski definition) is 1. The fourth-order valence-corrected chi connectivity index (χ4v) is 1.61. The second kappa shape index (κ2) is 4.29. The Morgan fingerprint density at radius 2 is 2.33 bits per heavy atom. The monoisotopic (exact) mass is 206 g/mol. The Morgan fingerprint density at radius 1 is 1.53 bits per heavy atom. The Kier molecular flexibility index (Phi) is 2.85. The molecule has 4 heteroatoms. The molecule has 15 heavy (non-hydrogen) atoms.